The molecule has 0 spiro atoms. The van der Waals surface area contributed by atoms with Gasteiger partial charge in [-0.3, -0.25) is 0 Å². The minimum atomic E-state index is 0.0901. The van der Waals surface area contributed by atoms with Crippen molar-refractivity contribution >= 4 is 5.71 Å². The summed E-state index contributed by atoms with van der Waals surface area (Å²) >= 11 is 0. The van der Waals surface area contributed by atoms with Gasteiger partial charge in [0, 0.05) is 5.56 Å². The van der Waals surface area contributed by atoms with Crippen molar-refractivity contribution in [2.24, 2.45) is 5.16 Å². The predicted octanol–water partition coefficient (Wildman–Crippen LogP) is 2.68. The van der Waals surface area contributed by atoms with Crippen molar-refractivity contribution in [3.63, 3.8) is 0 Å². The van der Waals surface area contributed by atoms with Crippen LogP contribution in [0.3, 0.4) is 0 Å². The fourth-order valence-corrected chi connectivity index (χ4v) is 1.30. The van der Waals surface area contributed by atoms with Crippen LogP contribution in [0.25, 0.3) is 0 Å². The molecule has 1 rings (SSSR count). The van der Waals surface area contributed by atoms with Gasteiger partial charge >= 0.3 is 0 Å². The third kappa shape index (κ3) is 2.89. The lowest BCUT2D eigenvalue weighted by molar-refractivity contribution is 0.230. The molecule has 0 fully saturated rings. The van der Waals surface area contributed by atoms with Crippen molar-refractivity contribution < 1.29 is 14.7 Å². The van der Waals surface area contributed by atoms with Crippen LogP contribution in [0, 0.1) is 0 Å². The maximum atomic E-state index is 8.68. The number of hydrogen-bond donors (Lipinski definition) is 1. The Morgan fingerprint density at radius 2 is 2.00 bits per heavy atom. The van der Waals surface area contributed by atoms with Gasteiger partial charge in [-0.2, -0.15) is 0 Å². The number of rotatable bonds is 4. The first kappa shape index (κ1) is 12.4. The second kappa shape index (κ2) is 5.39. The molecule has 1 N–H and O–H groups in total. The van der Waals surface area contributed by atoms with Crippen LogP contribution >= 0.6 is 0 Å². The molecular weight excluding hydrogens is 206 g/mol. The van der Waals surface area contributed by atoms with Crippen LogP contribution < -0.4 is 9.47 Å². The van der Waals surface area contributed by atoms with Gasteiger partial charge in [-0.05, 0) is 39.0 Å². The van der Waals surface area contributed by atoms with Gasteiger partial charge in [0.15, 0.2) is 11.5 Å². The van der Waals surface area contributed by atoms with Crippen LogP contribution in [-0.2, 0) is 0 Å². The van der Waals surface area contributed by atoms with Crippen molar-refractivity contribution in [2.45, 2.75) is 26.9 Å². The zero-order valence-corrected chi connectivity index (χ0v) is 10.0. The smallest absolute Gasteiger partial charge is 0.161 e. The second-order valence-electron chi connectivity index (χ2n) is 3.72. The molecule has 4 nitrogen and oxygen atoms in total. The van der Waals surface area contributed by atoms with Gasteiger partial charge in [0.1, 0.15) is 0 Å². The largest absolute Gasteiger partial charge is 0.493 e. The van der Waals surface area contributed by atoms with Crippen molar-refractivity contribution in [1.82, 2.24) is 0 Å². The van der Waals surface area contributed by atoms with Gasteiger partial charge in [-0.1, -0.05) is 5.16 Å². The second-order valence-corrected chi connectivity index (χ2v) is 3.72. The number of hydrogen-bond acceptors (Lipinski definition) is 4. The molecule has 0 radical (unpaired) electrons. The zero-order chi connectivity index (χ0) is 12.1. The highest BCUT2D eigenvalue weighted by Crippen LogP contribution is 2.29. The Bertz CT molecular complexity index is 386. The predicted molar refractivity (Wildman–Crippen MR) is 62.8 cm³/mol. The van der Waals surface area contributed by atoms with Crippen LogP contribution in [0.2, 0.25) is 0 Å². The Morgan fingerprint density at radius 3 is 2.50 bits per heavy atom. The van der Waals surface area contributed by atoms with Crippen LogP contribution in [0.5, 0.6) is 11.5 Å². The van der Waals surface area contributed by atoms with E-state index in [1.807, 2.05) is 26.0 Å². The van der Waals surface area contributed by atoms with Gasteiger partial charge in [0.25, 0.3) is 0 Å². The normalized spacial score (nSPS) is 11.7. The summed E-state index contributed by atoms with van der Waals surface area (Å²) in [6.45, 7) is 5.62. The number of nitrogens with zero attached hydrogens (tertiary/aromatic N) is 1. The van der Waals surface area contributed by atoms with E-state index in [4.69, 9.17) is 14.7 Å². The topological polar surface area (TPSA) is 51.0 Å². The van der Waals surface area contributed by atoms with E-state index in [9.17, 15) is 0 Å². The quantitative estimate of drug-likeness (QED) is 0.485. The first-order chi connectivity index (χ1) is 7.58. The highest BCUT2D eigenvalue weighted by atomic mass is 16.5. The molecule has 0 aliphatic rings. The number of ether oxygens (including phenoxy) is 2. The first-order valence-corrected chi connectivity index (χ1v) is 5.12. The van der Waals surface area contributed by atoms with Crippen LogP contribution in [0.4, 0.5) is 0 Å². The molecule has 0 aliphatic heterocycles. The molecule has 1 aromatic carbocycles. The average Bonchev–Trinajstić information content (AvgIpc) is 2.27. The maximum absolute atomic E-state index is 8.68. The van der Waals surface area contributed by atoms with E-state index in [0.717, 1.165) is 5.56 Å². The summed E-state index contributed by atoms with van der Waals surface area (Å²) in [5.41, 5.74) is 1.34. The van der Waals surface area contributed by atoms with E-state index in [2.05, 4.69) is 5.16 Å². The Morgan fingerprint density at radius 1 is 1.31 bits per heavy atom. The van der Waals surface area contributed by atoms with E-state index < -0.39 is 0 Å². The highest BCUT2D eigenvalue weighted by Gasteiger charge is 2.08. The van der Waals surface area contributed by atoms with E-state index in [-0.39, 0.29) is 6.10 Å². The summed E-state index contributed by atoms with van der Waals surface area (Å²) in [6, 6.07) is 5.42. The lowest BCUT2D eigenvalue weighted by Gasteiger charge is -2.14. The summed E-state index contributed by atoms with van der Waals surface area (Å²) < 4.78 is 10.8. The van der Waals surface area contributed by atoms with Crippen molar-refractivity contribution in [2.75, 3.05) is 7.11 Å². The third-order valence-corrected chi connectivity index (χ3v) is 2.09. The average molecular weight is 223 g/mol. The van der Waals surface area contributed by atoms with Crippen molar-refractivity contribution in [1.29, 1.82) is 0 Å². The molecular formula is C12H17NO3. The number of methoxy groups -OCH3 is 1. The number of benzene rings is 1. The highest BCUT2D eigenvalue weighted by molar-refractivity contribution is 5.98. The molecule has 0 atom stereocenters. The Kier molecular flexibility index (Phi) is 4.17. The maximum Gasteiger partial charge on any atom is 0.161 e. The fourth-order valence-electron chi connectivity index (χ4n) is 1.30. The third-order valence-electron chi connectivity index (χ3n) is 2.09. The Balaban J connectivity index is 3.06. The molecule has 4 heteroatoms. The summed E-state index contributed by atoms with van der Waals surface area (Å²) in [5, 5.41) is 11.8. The molecule has 0 aliphatic carbocycles. The molecule has 0 bridgehead atoms. The summed E-state index contributed by atoms with van der Waals surface area (Å²) in [5.74, 6) is 1.32. The van der Waals surface area contributed by atoms with Crippen molar-refractivity contribution in [3.05, 3.63) is 23.8 Å². The zero-order valence-electron chi connectivity index (χ0n) is 10.0. The lowest BCUT2D eigenvalue weighted by atomic mass is 10.1. The summed E-state index contributed by atoms with van der Waals surface area (Å²) in [6.07, 6.45) is 0.0901. The molecule has 0 unspecified atom stereocenters. The minimum absolute atomic E-state index is 0.0901. The van der Waals surface area contributed by atoms with Gasteiger partial charge in [0.2, 0.25) is 0 Å². The first-order valence-electron chi connectivity index (χ1n) is 5.12. The monoisotopic (exact) mass is 223 g/mol. The van der Waals surface area contributed by atoms with Gasteiger partial charge in [0.05, 0.1) is 18.9 Å². The van der Waals surface area contributed by atoms with E-state index in [1.54, 1.807) is 20.1 Å². The van der Waals surface area contributed by atoms with Gasteiger partial charge in [-0.25, -0.2) is 0 Å². The van der Waals surface area contributed by atoms with E-state index >= 15 is 0 Å². The Hall–Kier alpha value is -1.71. The molecule has 16 heavy (non-hydrogen) atoms. The molecule has 0 amide bonds. The fraction of sp³-hybridized carbons (Fsp3) is 0.417. The molecule has 88 valence electrons. The van der Waals surface area contributed by atoms with Gasteiger partial charge < -0.3 is 14.7 Å². The summed E-state index contributed by atoms with van der Waals surface area (Å²) in [4.78, 5) is 0. The van der Waals surface area contributed by atoms with Crippen LogP contribution in [0.15, 0.2) is 23.4 Å². The van der Waals surface area contributed by atoms with E-state index in [1.165, 1.54) is 0 Å². The molecule has 0 saturated carbocycles. The van der Waals surface area contributed by atoms with Crippen molar-refractivity contribution in [3.8, 4) is 11.5 Å². The standard InChI is InChI=1S/C12H17NO3/c1-8(2)16-11-6-5-10(9(3)13-14)7-12(11)15-4/h5-8,14H,1-4H3/b13-9+. The van der Waals surface area contributed by atoms with Crippen LogP contribution in [-0.4, -0.2) is 24.1 Å². The van der Waals surface area contributed by atoms with Gasteiger partial charge in [-0.15, -0.1) is 0 Å². The lowest BCUT2D eigenvalue weighted by Crippen LogP contribution is -2.07. The molecule has 0 aromatic heterocycles. The SMILES string of the molecule is COc1cc(/C(C)=N/O)ccc1OC(C)C. The number of oxime groups is 1. The van der Waals surface area contributed by atoms with Crippen LogP contribution in [0.1, 0.15) is 26.3 Å². The molecule has 1 aromatic rings. The Labute approximate surface area is 95.5 Å². The molecule has 0 saturated heterocycles. The minimum Gasteiger partial charge on any atom is -0.493 e. The summed E-state index contributed by atoms with van der Waals surface area (Å²) in [7, 11) is 1.58. The van der Waals surface area contributed by atoms with E-state index in [0.29, 0.717) is 17.2 Å². The molecule has 0 heterocycles.